The first-order valence-electron chi connectivity index (χ1n) is 7.50. The Bertz CT molecular complexity index is 447. The Balaban J connectivity index is 2.67. The number of carbonyl (C=O) groups is 1. The number of rotatable bonds is 9. The van der Waals surface area contributed by atoms with Crippen LogP contribution in [-0.4, -0.2) is 11.9 Å². The Hall–Kier alpha value is -1.57. The summed E-state index contributed by atoms with van der Waals surface area (Å²) in [4.78, 5) is 11.9. The summed E-state index contributed by atoms with van der Waals surface area (Å²) in [7, 11) is 0. The molecule has 0 spiro atoms. The molecule has 2 heteroatoms. The van der Waals surface area contributed by atoms with E-state index in [0.29, 0.717) is 18.6 Å². The van der Waals surface area contributed by atoms with Crippen molar-refractivity contribution >= 4 is 11.9 Å². The van der Waals surface area contributed by atoms with E-state index in [4.69, 9.17) is 4.74 Å². The quantitative estimate of drug-likeness (QED) is 0.604. The van der Waals surface area contributed by atoms with Crippen LogP contribution in [0.3, 0.4) is 0 Å². The lowest BCUT2D eigenvalue weighted by molar-refractivity contribution is -0.118. The zero-order valence-electron chi connectivity index (χ0n) is 12.9. The molecule has 1 aromatic carbocycles. The van der Waals surface area contributed by atoms with E-state index >= 15 is 0 Å². The molecule has 2 nitrogen and oxygen atoms in total. The highest BCUT2D eigenvalue weighted by atomic mass is 16.5. The second-order valence-corrected chi connectivity index (χ2v) is 5.42. The van der Waals surface area contributed by atoms with Gasteiger partial charge in [-0.25, -0.2) is 0 Å². The molecule has 0 N–H and O–H groups in total. The fourth-order valence-electron chi connectivity index (χ4n) is 2.12. The summed E-state index contributed by atoms with van der Waals surface area (Å²) < 4.78 is 5.72. The summed E-state index contributed by atoms with van der Waals surface area (Å²) >= 11 is 0. The van der Waals surface area contributed by atoms with Crippen molar-refractivity contribution in [3.63, 3.8) is 0 Å². The number of carbonyl (C=O) groups excluding carboxylic acids is 1. The molecule has 0 heterocycles. The molecule has 1 aromatic rings. The van der Waals surface area contributed by atoms with Crippen molar-refractivity contribution in [2.75, 3.05) is 0 Å². The molecule has 0 bridgehead atoms. The van der Waals surface area contributed by atoms with Crippen molar-refractivity contribution in [2.24, 2.45) is 0 Å². The molecule has 0 aliphatic heterocycles. The summed E-state index contributed by atoms with van der Waals surface area (Å²) in [6, 6.07) is 5.91. The van der Waals surface area contributed by atoms with E-state index in [1.807, 2.05) is 32.0 Å². The van der Waals surface area contributed by atoms with Gasteiger partial charge < -0.3 is 4.74 Å². The second kappa shape index (κ2) is 8.57. The first-order valence-corrected chi connectivity index (χ1v) is 7.50. The van der Waals surface area contributed by atoms with Gasteiger partial charge in [0.15, 0.2) is 0 Å². The molecule has 0 radical (unpaired) electrons. The average molecular weight is 274 g/mol. The molecular formula is C18H26O2. The lowest BCUT2D eigenvalue weighted by atomic mass is 10.0. The van der Waals surface area contributed by atoms with Crippen molar-refractivity contribution in [3.05, 3.63) is 35.9 Å². The van der Waals surface area contributed by atoms with Gasteiger partial charge in [-0.2, -0.15) is 0 Å². The largest absolute Gasteiger partial charge is 0.490 e. The van der Waals surface area contributed by atoms with Crippen LogP contribution in [0.5, 0.6) is 5.75 Å². The average Bonchev–Trinajstić information content (AvgIpc) is 2.40. The van der Waals surface area contributed by atoms with Crippen molar-refractivity contribution in [1.29, 1.82) is 0 Å². The minimum absolute atomic E-state index is 0.134. The van der Waals surface area contributed by atoms with Crippen LogP contribution in [-0.2, 0) is 11.2 Å². The van der Waals surface area contributed by atoms with Gasteiger partial charge >= 0.3 is 0 Å². The molecule has 0 aromatic heterocycles. The van der Waals surface area contributed by atoms with E-state index in [1.54, 1.807) is 6.08 Å². The molecule has 0 atom stereocenters. The number of unbranched alkanes of at least 4 members (excludes halogenated alkanes) is 2. The number of benzene rings is 1. The molecule has 0 saturated heterocycles. The minimum atomic E-state index is 0.134. The molecule has 0 amide bonds. The first kappa shape index (κ1) is 16.5. The second-order valence-electron chi connectivity index (χ2n) is 5.42. The van der Waals surface area contributed by atoms with Gasteiger partial charge in [0, 0.05) is 18.4 Å². The molecule has 1 rings (SSSR count). The summed E-state index contributed by atoms with van der Waals surface area (Å²) in [6.07, 6.45) is 6.38. The van der Waals surface area contributed by atoms with Crippen molar-refractivity contribution < 1.29 is 9.53 Å². The Labute approximate surface area is 122 Å². The van der Waals surface area contributed by atoms with Gasteiger partial charge in [0.1, 0.15) is 11.5 Å². The Morgan fingerprint density at radius 1 is 1.35 bits per heavy atom. The van der Waals surface area contributed by atoms with Gasteiger partial charge in [0.2, 0.25) is 0 Å². The summed E-state index contributed by atoms with van der Waals surface area (Å²) in [6.45, 7) is 9.96. The lowest BCUT2D eigenvalue weighted by Crippen LogP contribution is -2.07. The molecular weight excluding hydrogens is 248 g/mol. The highest BCUT2D eigenvalue weighted by molar-refractivity contribution is 5.81. The van der Waals surface area contributed by atoms with E-state index in [-0.39, 0.29) is 6.10 Å². The predicted molar refractivity (Wildman–Crippen MR) is 85.2 cm³/mol. The predicted octanol–water partition coefficient (Wildman–Crippen LogP) is 4.81. The number of ether oxygens (including phenoxy) is 1. The van der Waals surface area contributed by atoms with Crippen LogP contribution in [0.4, 0.5) is 0 Å². The molecule has 110 valence electrons. The third-order valence-corrected chi connectivity index (χ3v) is 3.12. The molecule has 0 aliphatic carbocycles. The molecule has 0 aliphatic rings. The van der Waals surface area contributed by atoms with Crippen LogP contribution in [0.2, 0.25) is 0 Å². The number of hydrogen-bond donors (Lipinski definition) is 0. The standard InChI is InChI=1S/C18H26O2/c1-5-7-8-9-17(19)13-15-10-11-18(20-14(3)4)16(6-2)12-15/h6,10-12,14H,2,5,7-9,13H2,1,3-4H3. The van der Waals surface area contributed by atoms with Gasteiger partial charge in [-0.05, 0) is 38.0 Å². The lowest BCUT2D eigenvalue weighted by Gasteiger charge is -2.13. The zero-order chi connectivity index (χ0) is 15.0. The number of ketones is 1. The van der Waals surface area contributed by atoms with Gasteiger partial charge in [-0.1, -0.05) is 38.5 Å². The van der Waals surface area contributed by atoms with Crippen LogP contribution in [0.25, 0.3) is 6.08 Å². The van der Waals surface area contributed by atoms with Crippen molar-refractivity contribution in [1.82, 2.24) is 0 Å². The topological polar surface area (TPSA) is 26.3 Å². The summed E-state index contributed by atoms with van der Waals surface area (Å²) in [5, 5.41) is 0. The first-order chi connectivity index (χ1) is 9.56. The maximum absolute atomic E-state index is 11.9. The SMILES string of the molecule is C=Cc1cc(CC(=O)CCCCC)ccc1OC(C)C. The van der Waals surface area contributed by atoms with E-state index in [2.05, 4.69) is 13.5 Å². The smallest absolute Gasteiger partial charge is 0.137 e. The van der Waals surface area contributed by atoms with Crippen LogP contribution < -0.4 is 4.74 Å². The Morgan fingerprint density at radius 2 is 2.10 bits per heavy atom. The van der Waals surface area contributed by atoms with Crippen molar-refractivity contribution in [3.8, 4) is 5.75 Å². The molecule has 20 heavy (non-hydrogen) atoms. The maximum atomic E-state index is 11.9. The van der Waals surface area contributed by atoms with E-state index in [0.717, 1.165) is 36.1 Å². The van der Waals surface area contributed by atoms with Crippen LogP contribution >= 0.6 is 0 Å². The molecule has 0 unspecified atom stereocenters. The van der Waals surface area contributed by atoms with Gasteiger partial charge in [-0.15, -0.1) is 0 Å². The highest BCUT2D eigenvalue weighted by Gasteiger charge is 2.08. The summed E-state index contributed by atoms with van der Waals surface area (Å²) in [5.41, 5.74) is 2.00. The van der Waals surface area contributed by atoms with Gasteiger partial charge in [0.25, 0.3) is 0 Å². The third-order valence-electron chi connectivity index (χ3n) is 3.12. The highest BCUT2D eigenvalue weighted by Crippen LogP contribution is 2.23. The summed E-state index contributed by atoms with van der Waals surface area (Å²) in [5.74, 6) is 1.14. The van der Waals surface area contributed by atoms with E-state index in [1.165, 1.54) is 0 Å². The number of Topliss-reactive ketones (excluding diaryl/α,β-unsaturated/α-hetero) is 1. The Kier molecular flexibility index (Phi) is 7.06. The third kappa shape index (κ3) is 5.60. The van der Waals surface area contributed by atoms with E-state index in [9.17, 15) is 4.79 Å². The van der Waals surface area contributed by atoms with Crippen LogP contribution in [0.1, 0.15) is 57.6 Å². The monoisotopic (exact) mass is 274 g/mol. The fourth-order valence-corrected chi connectivity index (χ4v) is 2.12. The van der Waals surface area contributed by atoms with Crippen LogP contribution in [0.15, 0.2) is 24.8 Å². The van der Waals surface area contributed by atoms with Gasteiger partial charge in [0.05, 0.1) is 6.10 Å². The molecule has 0 saturated carbocycles. The normalized spacial score (nSPS) is 10.6. The van der Waals surface area contributed by atoms with Gasteiger partial charge in [-0.3, -0.25) is 4.79 Å². The fraction of sp³-hybridized carbons (Fsp3) is 0.500. The minimum Gasteiger partial charge on any atom is -0.490 e. The zero-order valence-corrected chi connectivity index (χ0v) is 12.9. The number of hydrogen-bond acceptors (Lipinski definition) is 2. The van der Waals surface area contributed by atoms with Crippen molar-refractivity contribution in [2.45, 2.75) is 59.0 Å². The maximum Gasteiger partial charge on any atom is 0.137 e. The van der Waals surface area contributed by atoms with Crippen LogP contribution in [0, 0.1) is 0 Å². The Morgan fingerprint density at radius 3 is 2.70 bits per heavy atom. The van der Waals surface area contributed by atoms with E-state index < -0.39 is 0 Å². The molecule has 0 fully saturated rings.